The predicted molar refractivity (Wildman–Crippen MR) is 76.0 cm³/mol. The molecule has 0 saturated carbocycles. The largest absolute Gasteiger partial charge is 0.297 e. The van der Waals surface area contributed by atoms with E-state index in [4.69, 9.17) is 0 Å². The van der Waals surface area contributed by atoms with Gasteiger partial charge in [0.15, 0.2) is 5.78 Å². The average molecular weight is 263 g/mol. The molecule has 2 heterocycles. The number of carbonyl (C=O) groups is 1. The van der Waals surface area contributed by atoms with Crippen molar-refractivity contribution in [3.8, 4) is 0 Å². The highest BCUT2D eigenvalue weighted by Gasteiger charge is 2.41. The van der Waals surface area contributed by atoms with Gasteiger partial charge in [-0.3, -0.25) is 14.4 Å². The van der Waals surface area contributed by atoms with Crippen LogP contribution >= 0.6 is 0 Å². The van der Waals surface area contributed by atoms with E-state index in [2.05, 4.69) is 23.8 Å². The Morgan fingerprint density at radius 3 is 2.42 bits per heavy atom. The smallest absolute Gasteiger partial charge is 0.159 e. The predicted octanol–water partition coefficient (Wildman–Crippen LogP) is 2.19. The van der Waals surface area contributed by atoms with Crippen LogP contribution in [0.4, 0.5) is 0 Å². The number of aryl methyl sites for hydroxylation is 1. The van der Waals surface area contributed by atoms with E-state index >= 15 is 0 Å². The fraction of sp³-hybridized carbons (Fsp3) is 0.733. The van der Waals surface area contributed by atoms with Crippen LogP contribution in [0, 0.1) is 0 Å². The zero-order chi connectivity index (χ0) is 13.9. The highest BCUT2D eigenvalue weighted by atomic mass is 16.1. The molecule has 0 radical (unpaired) electrons. The van der Waals surface area contributed by atoms with Crippen molar-refractivity contribution in [2.45, 2.75) is 51.5 Å². The van der Waals surface area contributed by atoms with Crippen LogP contribution in [0.5, 0.6) is 0 Å². The van der Waals surface area contributed by atoms with Gasteiger partial charge in [0.25, 0.3) is 0 Å². The minimum absolute atomic E-state index is 0.270. The van der Waals surface area contributed by atoms with Gasteiger partial charge < -0.3 is 0 Å². The highest BCUT2D eigenvalue weighted by molar-refractivity contribution is 5.90. The summed E-state index contributed by atoms with van der Waals surface area (Å²) in [6.45, 7) is 6.40. The fourth-order valence-corrected chi connectivity index (χ4v) is 3.30. The quantitative estimate of drug-likeness (QED) is 0.789. The first kappa shape index (κ1) is 14.3. The first-order chi connectivity index (χ1) is 9.12. The van der Waals surface area contributed by atoms with Gasteiger partial charge in [-0.05, 0) is 44.8 Å². The van der Waals surface area contributed by atoms with E-state index in [1.54, 1.807) is 4.68 Å². The summed E-state index contributed by atoms with van der Waals surface area (Å²) < 4.78 is 1.76. The Kier molecular flexibility index (Phi) is 4.40. The number of rotatable bonds is 6. The van der Waals surface area contributed by atoms with E-state index in [-0.39, 0.29) is 5.54 Å². The third kappa shape index (κ3) is 2.73. The lowest BCUT2D eigenvalue weighted by Crippen LogP contribution is -2.53. The van der Waals surface area contributed by atoms with Gasteiger partial charge in [-0.2, -0.15) is 5.10 Å². The summed E-state index contributed by atoms with van der Waals surface area (Å²) >= 11 is 0. The fourth-order valence-electron chi connectivity index (χ4n) is 3.30. The van der Waals surface area contributed by atoms with E-state index in [9.17, 15) is 4.79 Å². The van der Waals surface area contributed by atoms with Gasteiger partial charge in [0.2, 0.25) is 0 Å². The second kappa shape index (κ2) is 5.87. The van der Waals surface area contributed by atoms with Crippen LogP contribution < -0.4 is 0 Å². The zero-order valence-corrected chi connectivity index (χ0v) is 12.4. The number of likely N-dealkylation sites (tertiary alicyclic amines) is 1. The molecule has 0 aliphatic carbocycles. The number of aromatic nitrogens is 2. The second-order valence-electron chi connectivity index (χ2n) is 5.51. The molecule has 1 aliphatic heterocycles. The average Bonchev–Trinajstić information content (AvgIpc) is 3.04. The van der Waals surface area contributed by atoms with Gasteiger partial charge in [0, 0.05) is 13.2 Å². The van der Waals surface area contributed by atoms with Gasteiger partial charge in [-0.25, -0.2) is 0 Å². The molecule has 0 atom stereocenters. The van der Waals surface area contributed by atoms with Crippen molar-refractivity contribution in [1.82, 2.24) is 14.7 Å². The van der Waals surface area contributed by atoms with Crippen molar-refractivity contribution in [3.63, 3.8) is 0 Å². The number of nitrogens with zero attached hydrogens (tertiary/aromatic N) is 3. The maximum Gasteiger partial charge on any atom is 0.159 e. The molecule has 0 aromatic carbocycles. The van der Waals surface area contributed by atoms with Crippen molar-refractivity contribution in [2.75, 3.05) is 13.1 Å². The van der Waals surface area contributed by atoms with Gasteiger partial charge in [-0.1, -0.05) is 13.8 Å². The monoisotopic (exact) mass is 263 g/mol. The summed E-state index contributed by atoms with van der Waals surface area (Å²) in [5.41, 5.74) is 0.617. The van der Waals surface area contributed by atoms with Crippen LogP contribution in [-0.4, -0.2) is 39.1 Å². The molecule has 1 saturated heterocycles. The SMILES string of the molecule is CCC(CC)(C(=O)Cc1ccn(C)n1)N1CCCC1. The third-order valence-electron chi connectivity index (χ3n) is 4.51. The van der Waals surface area contributed by atoms with Crippen LogP contribution in [0.2, 0.25) is 0 Å². The lowest BCUT2D eigenvalue weighted by atomic mass is 9.84. The number of carbonyl (C=O) groups excluding carboxylic acids is 1. The molecule has 19 heavy (non-hydrogen) atoms. The third-order valence-corrected chi connectivity index (χ3v) is 4.51. The molecule has 106 valence electrons. The number of ketones is 1. The van der Waals surface area contributed by atoms with E-state index in [1.807, 2.05) is 19.3 Å². The molecule has 4 heteroatoms. The van der Waals surface area contributed by atoms with Crippen LogP contribution in [0.1, 0.15) is 45.2 Å². The highest BCUT2D eigenvalue weighted by Crippen LogP contribution is 2.30. The minimum atomic E-state index is -0.270. The molecule has 0 unspecified atom stereocenters. The topological polar surface area (TPSA) is 38.1 Å². The molecular weight excluding hydrogens is 238 g/mol. The molecule has 1 fully saturated rings. The normalized spacial score (nSPS) is 17.0. The zero-order valence-electron chi connectivity index (χ0n) is 12.4. The van der Waals surface area contributed by atoms with Crippen LogP contribution in [0.15, 0.2) is 12.3 Å². The molecule has 2 rings (SSSR count). The Labute approximate surface area is 115 Å². The molecule has 1 aromatic rings. The Morgan fingerprint density at radius 1 is 1.32 bits per heavy atom. The number of hydrogen-bond acceptors (Lipinski definition) is 3. The minimum Gasteiger partial charge on any atom is -0.297 e. The van der Waals surface area contributed by atoms with Crippen molar-refractivity contribution < 1.29 is 4.79 Å². The summed E-state index contributed by atoms with van der Waals surface area (Å²) in [4.78, 5) is 15.2. The molecule has 0 bridgehead atoms. The maximum absolute atomic E-state index is 12.8. The molecule has 0 spiro atoms. The lowest BCUT2D eigenvalue weighted by Gasteiger charge is -2.39. The first-order valence-electron chi connectivity index (χ1n) is 7.39. The summed E-state index contributed by atoms with van der Waals surface area (Å²) in [6.07, 6.45) is 6.60. The first-order valence-corrected chi connectivity index (χ1v) is 7.39. The lowest BCUT2D eigenvalue weighted by molar-refractivity contribution is -0.130. The van der Waals surface area contributed by atoms with E-state index in [0.717, 1.165) is 31.6 Å². The summed E-state index contributed by atoms with van der Waals surface area (Å²) in [6, 6.07) is 1.94. The second-order valence-corrected chi connectivity index (χ2v) is 5.51. The van der Waals surface area contributed by atoms with Gasteiger partial charge in [-0.15, -0.1) is 0 Å². The Balaban J connectivity index is 2.15. The molecule has 4 nitrogen and oxygen atoms in total. The Morgan fingerprint density at radius 2 is 1.95 bits per heavy atom. The van der Waals surface area contributed by atoms with Crippen molar-refractivity contribution >= 4 is 5.78 Å². The molecular formula is C15H25N3O. The molecule has 1 aromatic heterocycles. The van der Waals surface area contributed by atoms with E-state index in [0.29, 0.717) is 12.2 Å². The van der Waals surface area contributed by atoms with Crippen LogP contribution in [-0.2, 0) is 18.3 Å². The summed E-state index contributed by atoms with van der Waals surface area (Å²) in [5.74, 6) is 0.332. The van der Waals surface area contributed by atoms with Gasteiger partial charge >= 0.3 is 0 Å². The van der Waals surface area contributed by atoms with Crippen LogP contribution in [0.25, 0.3) is 0 Å². The molecule has 1 aliphatic rings. The Bertz CT molecular complexity index is 428. The van der Waals surface area contributed by atoms with Gasteiger partial charge in [0.05, 0.1) is 17.7 Å². The summed E-state index contributed by atoms with van der Waals surface area (Å²) in [5, 5.41) is 4.34. The Hall–Kier alpha value is -1.16. The van der Waals surface area contributed by atoms with E-state index < -0.39 is 0 Å². The maximum atomic E-state index is 12.8. The summed E-state index contributed by atoms with van der Waals surface area (Å²) in [7, 11) is 1.89. The van der Waals surface area contributed by atoms with Crippen molar-refractivity contribution in [1.29, 1.82) is 0 Å². The van der Waals surface area contributed by atoms with Crippen molar-refractivity contribution in [2.24, 2.45) is 7.05 Å². The van der Waals surface area contributed by atoms with E-state index in [1.165, 1.54) is 12.8 Å². The molecule has 0 N–H and O–H groups in total. The number of Topliss-reactive ketones (excluding diaryl/α,β-unsaturated/α-hetero) is 1. The molecule has 0 amide bonds. The standard InChI is InChI=1S/C15H25N3O/c1-4-15(5-2,18-9-6-7-10-18)14(19)12-13-8-11-17(3)16-13/h8,11H,4-7,9-10,12H2,1-3H3. The van der Waals surface area contributed by atoms with Crippen molar-refractivity contribution in [3.05, 3.63) is 18.0 Å². The van der Waals surface area contributed by atoms with Gasteiger partial charge in [0.1, 0.15) is 0 Å². The van der Waals surface area contributed by atoms with Crippen LogP contribution in [0.3, 0.4) is 0 Å². The number of hydrogen-bond donors (Lipinski definition) is 0.